The van der Waals surface area contributed by atoms with E-state index in [1.807, 2.05) is 33.3 Å². The van der Waals surface area contributed by atoms with Crippen molar-refractivity contribution >= 4 is 0 Å². The minimum absolute atomic E-state index is 0.331. The molecule has 0 radical (unpaired) electrons. The third-order valence-electron chi connectivity index (χ3n) is 3.62. The Bertz CT molecular complexity index is 462. The number of rotatable bonds is 6. The molecule has 0 atom stereocenters. The number of hydrogen-bond acceptors (Lipinski definition) is 5. The molecule has 0 aliphatic rings. The van der Waals surface area contributed by atoms with E-state index in [4.69, 9.17) is 9.47 Å². The number of pyridine rings is 1. The Kier molecular flexibility index (Phi) is 5.25. The van der Waals surface area contributed by atoms with E-state index in [-0.39, 0.29) is 5.54 Å². The zero-order valence-electron chi connectivity index (χ0n) is 13.4. The van der Waals surface area contributed by atoms with Gasteiger partial charge in [0.2, 0.25) is 5.88 Å². The summed E-state index contributed by atoms with van der Waals surface area (Å²) in [5.41, 5.74) is 1.70. The molecule has 112 valence electrons. The van der Waals surface area contributed by atoms with Crippen LogP contribution in [0, 0.1) is 0 Å². The van der Waals surface area contributed by atoms with E-state index >= 15 is 0 Å². The molecule has 0 amide bonds. The maximum atomic E-state index is 5.48. The molecule has 0 spiro atoms. The van der Waals surface area contributed by atoms with Gasteiger partial charge in [-0.25, -0.2) is 4.98 Å². The highest BCUT2D eigenvalue weighted by Crippen LogP contribution is 2.40. The van der Waals surface area contributed by atoms with Gasteiger partial charge in [-0.1, -0.05) is 0 Å². The highest BCUT2D eigenvalue weighted by molar-refractivity contribution is 5.45. The average molecular weight is 279 g/mol. The Labute approximate surface area is 121 Å². The highest BCUT2D eigenvalue weighted by atomic mass is 16.5. The molecular weight excluding hydrogens is 254 g/mol. The van der Waals surface area contributed by atoms with Crippen LogP contribution in [0.3, 0.4) is 0 Å². The largest absolute Gasteiger partial charge is 0.496 e. The molecule has 1 aromatic heterocycles. The van der Waals surface area contributed by atoms with Gasteiger partial charge in [-0.3, -0.25) is 0 Å². The number of allylic oxidation sites excluding steroid dienone is 1. The van der Waals surface area contributed by atoms with Gasteiger partial charge in [0.1, 0.15) is 5.75 Å². The summed E-state index contributed by atoms with van der Waals surface area (Å²) in [6.45, 7) is 6.28. The second-order valence-corrected chi connectivity index (χ2v) is 5.09. The summed E-state index contributed by atoms with van der Waals surface area (Å²) >= 11 is 0. The summed E-state index contributed by atoms with van der Waals surface area (Å²) in [7, 11) is 7.20. The van der Waals surface area contributed by atoms with Crippen molar-refractivity contribution in [2.75, 3.05) is 28.3 Å². The predicted octanol–water partition coefficient (Wildman–Crippen LogP) is 2.35. The molecule has 0 saturated heterocycles. The van der Waals surface area contributed by atoms with Gasteiger partial charge in [-0.05, 0) is 26.8 Å². The maximum Gasteiger partial charge on any atom is 0.222 e. The van der Waals surface area contributed by atoms with Gasteiger partial charge in [0.25, 0.3) is 0 Å². The van der Waals surface area contributed by atoms with Gasteiger partial charge in [0.05, 0.1) is 25.3 Å². The number of nitrogens with one attached hydrogen (secondary N) is 1. The molecule has 0 fully saturated rings. The summed E-state index contributed by atoms with van der Waals surface area (Å²) in [6, 6.07) is 1.85. The average Bonchev–Trinajstić information content (AvgIpc) is 2.45. The van der Waals surface area contributed by atoms with Crippen LogP contribution in [0.15, 0.2) is 24.2 Å². The Morgan fingerprint density at radius 3 is 2.50 bits per heavy atom. The van der Waals surface area contributed by atoms with Crippen LogP contribution in [-0.4, -0.2) is 38.2 Å². The van der Waals surface area contributed by atoms with Crippen molar-refractivity contribution in [2.24, 2.45) is 0 Å². The lowest BCUT2D eigenvalue weighted by molar-refractivity contribution is 0.191. The smallest absolute Gasteiger partial charge is 0.222 e. The molecule has 0 aliphatic carbocycles. The number of nitrogens with zero attached hydrogens (tertiary/aromatic N) is 2. The molecule has 1 N–H and O–H groups in total. The molecule has 5 nitrogen and oxygen atoms in total. The van der Waals surface area contributed by atoms with Crippen molar-refractivity contribution in [2.45, 2.75) is 26.3 Å². The second-order valence-electron chi connectivity index (χ2n) is 5.09. The van der Waals surface area contributed by atoms with Crippen LogP contribution in [0.4, 0.5) is 0 Å². The Morgan fingerprint density at radius 1 is 1.35 bits per heavy atom. The van der Waals surface area contributed by atoms with Crippen molar-refractivity contribution in [1.82, 2.24) is 15.2 Å². The van der Waals surface area contributed by atoms with E-state index in [0.717, 1.165) is 17.0 Å². The first-order chi connectivity index (χ1) is 9.39. The lowest BCUT2D eigenvalue weighted by Gasteiger charge is -2.39. The van der Waals surface area contributed by atoms with Crippen molar-refractivity contribution < 1.29 is 9.47 Å². The molecule has 5 heteroatoms. The molecule has 0 bridgehead atoms. The lowest BCUT2D eigenvalue weighted by Crippen LogP contribution is -2.38. The van der Waals surface area contributed by atoms with E-state index in [0.29, 0.717) is 5.88 Å². The SMILES string of the molecule is CN/C=C(\C)N(C)C(C)(C)c1c(OC)ccnc1OC. The fraction of sp³-hybridized carbons (Fsp3) is 0.533. The van der Waals surface area contributed by atoms with Gasteiger partial charge in [0.15, 0.2) is 0 Å². The third kappa shape index (κ3) is 2.98. The first kappa shape index (κ1) is 16.1. The van der Waals surface area contributed by atoms with E-state index in [1.54, 1.807) is 20.4 Å². The van der Waals surface area contributed by atoms with Crippen molar-refractivity contribution in [1.29, 1.82) is 0 Å². The van der Waals surface area contributed by atoms with Crippen LogP contribution in [0.25, 0.3) is 0 Å². The summed E-state index contributed by atoms with van der Waals surface area (Å²) in [4.78, 5) is 6.45. The normalized spacial score (nSPS) is 12.1. The summed E-state index contributed by atoms with van der Waals surface area (Å²) < 4.78 is 10.9. The monoisotopic (exact) mass is 279 g/mol. The third-order valence-corrected chi connectivity index (χ3v) is 3.62. The number of aromatic nitrogens is 1. The molecule has 0 unspecified atom stereocenters. The van der Waals surface area contributed by atoms with E-state index in [9.17, 15) is 0 Å². The summed E-state index contributed by atoms with van der Waals surface area (Å²) in [5, 5.41) is 3.05. The lowest BCUT2D eigenvalue weighted by atomic mass is 9.92. The van der Waals surface area contributed by atoms with E-state index in [2.05, 4.69) is 29.0 Å². The van der Waals surface area contributed by atoms with Crippen molar-refractivity contribution in [3.05, 3.63) is 29.7 Å². The fourth-order valence-electron chi connectivity index (χ4n) is 2.23. The van der Waals surface area contributed by atoms with Crippen LogP contribution in [0.1, 0.15) is 26.3 Å². The molecule has 0 saturated carbocycles. The van der Waals surface area contributed by atoms with Gasteiger partial charge in [-0.15, -0.1) is 0 Å². The highest BCUT2D eigenvalue weighted by Gasteiger charge is 2.33. The summed E-state index contributed by atoms with van der Waals surface area (Å²) in [6.07, 6.45) is 3.64. The predicted molar refractivity (Wildman–Crippen MR) is 80.9 cm³/mol. The molecule has 0 aliphatic heterocycles. The van der Waals surface area contributed by atoms with Gasteiger partial charge >= 0.3 is 0 Å². The van der Waals surface area contributed by atoms with E-state index in [1.165, 1.54) is 0 Å². The van der Waals surface area contributed by atoms with Gasteiger partial charge < -0.3 is 19.7 Å². The van der Waals surface area contributed by atoms with Crippen molar-refractivity contribution in [3.8, 4) is 11.6 Å². The summed E-state index contributed by atoms with van der Waals surface area (Å²) in [5.74, 6) is 1.35. The Balaban J connectivity index is 3.37. The molecule has 1 rings (SSSR count). The second kappa shape index (κ2) is 6.50. The van der Waals surface area contributed by atoms with Crippen LogP contribution in [-0.2, 0) is 5.54 Å². The first-order valence-corrected chi connectivity index (χ1v) is 6.55. The van der Waals surface area contributed by atoms with Gasteiger partial charge in [0, 0.05) is 32.2 Å². The van der Waals surface area contributed by atoms with Crippen LogP contribution in [0.5, 0.6) is 11.6 Å². The molecule has 20 heavy (non-hydrogen) atoms. The van der Waals surface area contributed by atoms with Crippen molar-refractivity contribution in [3.63, 3.8) is 0 Å². The number of ether oxygens (including phenoxy) is 2. The minimum Gasteiger partial charge on any atom is -0.496 e. The molecule has 1 aromatic rings. The van der Waals surface area contributed by atoms with Crippen LogP contribution in [0.2, 0.25) is 0 Å². The minimum atomic E-state index is -0.331. The number of hydrogen-bond donors (Lipinski definition) is 1. The van der Waals surface area contributed by atoms with E-state index < -0.39 is 0 Å². The fourth-order valence-corrected chi connectivity index (χ4v) is 2.23. The molecule has 1 heterocycles. The number of methoxy groups -OCH3 is 2. The van der Waals surface area contributed by atoms with Gasteiger partial charge in [-0.2, -0.15) is 0 Å². The molecular formula is C15H25N3O2. The Morgan fingerprint density at radius 2 is 2.00 bits per heavy atom. The standard InChI is InChI=1S/C15H25N3O2/c1-11(10-16-4)18(5)15(2,3)13-12(19-6)8-9-17-14(13)20-7/h8-10,16H,1-7H3/b11-10+. The topological polar surface area (TPSA) is 46.6 Å². The first-order valence-electron chi connectivity index (χ1n) is 6.55. The maximum absolute atomic E-state index is 5.48. The zero-order valence-corrected chi connectivity index (χ0v) is 13.4. The molecule has 0 aromatic carbocycles. The van der Waals surface area contributed by atoms with Crippen LogP contribution < -0.4 is 14.8 Å². The zero-order chi connectivity index (χ0) is 15.3. The van der Waals surface area contributed by atoms with Crippen LogP contribution >= 0.6 is 0 Å². The quantitative estimate of drug-likeness (QED) is 0.866. The Hall–Kier alpha value is -1.91.